The standard InChI is InChI=1S/C25H31N3O2/c29-25(24-10-8-23(9-11-24)21-27-17-19-30-20-18-27)28-15-13-26(14-16-28)12-4-7-22-5-2-1-3-6-22/h1-11H,12-21H2/b7-4+. The van der Waals surface area contributed by atoms with Crippen molar-refractivity contribution in [1.82, 2.24) is 14.7 Å². The molecule has 2 fully saturated rings. The SMILES string of the molecule is O=C(c1ccc(CN2CCOCC2)cc1)N1CCN(C/C=C/c2ccccc2)CC1. The van der Waals surface area contributed by atoms with Crippen molar-refractivity contribution in [2.75, 3.05) is 59.0 Å². The van der Waals surface area contributed by atoms with E-state index in [9.17, 15) is 4.79 Å². The van der Waals surface area contributed by atoms with Crippen LogP contribution >= 0.6 is 0 Å². The Morgan fingerprint density at radius 3 is 2.23 bits per heavy atom. The van der Waals surface area contributed by atoms with Gasteiger partial charge in [-0.1, -0.05) is 54.6 Å². The van der Waals surface area contributed by atoms with Crippen LogP contribution in [0.4, 0.5) is 0 Å². The van der Waals surface area contributed by atoms with E-state index in [4.69, 9.17) is 4.74 Å². The summed E-state index contributed by atoms with van der Waals surface area (Å²) >= 11 is 0. The van der Waals surface area contributed by atoms with Crippen molar-refractivity contribution >= 4 is 12.0 Å². The van der Waals surface area contributed by atoms with Gasteiger partial charge in [0.2, 0.25) is 0 Å². The molecule has 0 saturated carbocycles. The predicted molar refractivity (Wildman–Crippen MR) is 120 cm³/mol. The maximum absolute atomic E-state index is 12.9. The van der Waals surface area contributed by atoms with Crippen molar-refractivity contribution in [2.24, 2.45) is 0 Å². The van der Waals surface area contributed by atoms with Crippen LogP contribution in [0.5, 0.6) is 0 Å². The van der Waals surface area contributed by atoms with Crippen LogP contribution in [-0.4, -0.2) is 79.6 Å². The Bertz CT molecular complexity index is 821. The number of carbonyl (C=O) groups is 1. The van der Waals surface area contributed by atoms with E-state index in [-0.39, 0.29) is 5.91 Å². The number of piperazine rings is 1. The molecule has 1 amide bonds. The number of nitrogens with zero attached hydrogens (tertiary/aromatic N) is 3. The summed E-state index contributed by atoms with van der Waals surface area (Å²) in [7, 11) is 0. The van der Waals surface area contributed by atoms with E-state index in [1.807, 2.05) is 23.1 Å². The van der Waals surface area contributed by atoms with Gasteiger partial charge in [0.15, 0.2) is 0 Å². The van der Waals surface area contributed by atoms with Crippen LogP contribution in [0.15, 0.2) is 60.7 Å². The van der Waals surface area contributed by atoms with Gasteiger partial charge in [-0.25, -0.2) is 0 Å². The fourth-order valence-corrected chi connectivity index (χ4v) is 3.99. The third kappa shape index (κ3) is 5.79. The highest BCUT2D eigenvalue weighted by Gasteiger charge is 2.21. The minimum Gasteiger partial charge on any atom is -0.379 e. The first-order valence-electron chi connectivity index (χ1n) is 10.9. The highest BCUT2D eigenvalue weighted by Crippen LogP contribution is 2.13. The third-order valence-corrected chi connectivity index (χ3v) is 5.84. The molecule has 2 saturated heterocycles. The average Bonchev–Trinajstić information content (AvgIpc) is 2.81. The highest BCUT2D eigenvalue weighted by atomic mass is 16.5. The molecule has 4 rings (SSSR count). The Hall–Kier alpha value is -2.47. The van der Waals surface area contributed by atoms with Gasteiger partial charge < -0.3 is 9.64 Å². The number of hydrogen-bond acceptors (Lipinski definition) is 4. The third-order valence-electron chi connectivity index (χ3n) is 5.84. The lowest BCUT2D eigenvalue weighted by Crippen LogP contribution is -2.48. The Morgan fingerprint density at radius 2 is 1.53 bits per heavy atom. The van der Waals surface area contributed by atoms with Crippen LogP contribution < -0.4 is 0 Å². The van der Waals surface area contributed by atoms with Crippen LogP contribution in [0.1, 0.15) is 21.5 Å². The number of ether oxygens (including phenoxy) is 1. The molecule has 2 aromatic rings. The number of carbonyl (C=O) groups excluding carboxylic acids is 1. The zero-order valence-electron chi connectivity index (χ0n) is 17.6. The Kier molecular flexibility index (Phi) is 7.29. The minimum atomic E-state index is 0.146. The highest BCUT2D eigenvalue weighted by molar-refractivity contribution is 5.94. The smallest absolute Gasteiger partial charge is 0.253 e. The molecular formula is C25H31N3O2. The molecule has 0 unspecified atom stereocenters. The molecule has 2 heterocycles. The van der Waals surface area contributed by atoms with E-state index in [0.29, 0.717) is 0 Å². The molecule has 2 aliphatic heterocycles. The normalized spacial score (nSPS) is 18.7. The molecular weight excluding hydrogens is 374 g/mol. The number of morpholine rings is 1. The van der Waals surface area contributed by atoms with Crippen LogP contribution in [0.2, 0.25) is 0 Å². The van der Waals surface area contributed by atoms with Gasteiger partial charge in [-0.05, 0) is 23.3 Å². The Labute approximate surface area is 179 Å². The van der Waals surface area contributed by atoms with Gasteiger partial charge in [-0.2, -0.15) is 0 Å². The molecule has 30 heavy (non-hydrogen) atoms. The maximum atomic E-state index is 12.9. The monoisotopic (exact) mass is 405 g/mol. The van der Waals surface area contributed by atoms with Crippen molar-refractivity contribution in [2.45, 2.75) is 6.54 Å². The first-order valence-corrected chi connectivity index (χ1v) is 10.9. The largest absolute Gasteiger partial charge is 0.379 e. The molecule has 2 aliphatic rings. The van der Waals surface area contributed by atoms with Crippen molar-refractivity contribution in [3.63, 3.8) is 0 Å². The maximum Gasteiger partial charge on any atom is 0.253 e. The van der Waals surface area contributed by atoms with E-state index < -0.39 is 0 Å². The second-order valence-corrected chi connectivity index (χ2v) is 7.99. The molecule has 0 aliphatic carbocycles. The molecule has 0 spiro atoms. The number of rotatable bonds is 6. The van der Waals surface area contributed by atoms with Gasteiger partial charge in [0.25, 0.3) is 5.91 Å². The fourth-order valence-electron chi connectivity index (χ4n) is 3.99. The number of benzene rings is 2. The van der Waals surface area contributed by atoms with E-state index in [0.717, 1.165) is 71.1 Å². The molecule has 158 valence electrons. The molecule has 0 aromatic heterocycles. The molecule has 5 heteroatoms. The molecule has 2 aromatic carbocycles. The molecule has 0 atom stereocenters. The molecule has 5 nitrogen and oxygen atoms in total. The summed E-state index contributed by atoms with van der Waals surface area (Å²) in [6, 6.07) is 18.5. The number of hydrogen-bond donors (Lipinski definition) is 0. The quantitative estimate of drug-likeness (QED) is 0.740. The zero-order valence-corrected chi connectivity index (χ0v) is 17.6. The Morgan fingerprint density at radius 1 is 0.833 bits per heavy atom. The van der Waals surface area contributed by atoms with E-state index in [2.05, 4.69) is 58.4 Å². The van der Waals surface area contributed by atoms with Crippen LogP contribution in [-0.2, 0) is 11.3 Å². The van der Waals surface area contributed by atoms with Crippen LogP contribution in [0.25, 0.3) is 6.08 Å². The fraction of sp³-hybridized carbons (Fsp3) is 0.400. The van der Waals surface area contributed by atoms with Gasteiger partial charge in [0.05, 0.1) is 13.2 Å². The summed E-state index contributed by atoms with van der Waals surface area (Å²) in [5, 5.41) is 0. The van der Waals surface area contributed by atoms with Crippen molar-refractivity contribution in [3.8, 4) is 0 Å². The summed E-state index contributed by atoms with van der Waals surface area (Å²) in [6.07, 6.45) is 4.37. The first kappa shape index (κ1) is 20.8. The van der Waals surface area contributed by atoms with Crippen molar-refractivity contribution in [3.05, 3.63) is 77.4 Å². The lowest BCUT2D eigenvalue weighted by atomic mass is 10.1. The molecule has 0 radical (unpaired) electrons. The summed E-state index contributed by atoms with van der Waals surface area (Å²) in [4.78, 5) is 19.6. The summed E-state index contributed by atoms with van der Waals surface area (Å²) in [5.74, 6) is 0.146. The van der Waals surface area contributed by atoms with Crippen LogP contribution in [0, 0.1) is 0 Å². The second kappa shape index (κ2) is 10.5. The van der Waals surface area contributed by atoms with Gasteiger partial charge in [0, 0.05) is 57.9 Å². The van der Waals surface area contributed by atoms with Crippen molar-refractivity contribution in [1.29, 1.82) is 0 Å². The lowest BCUT2D eigenvalue weighted by Gasteiger charge is -2.34. The summed E-state index contributed by atoms with van der Waals surface area (Å²) < 4.78 is 5.41. The van der Waals surface area contributed by atoms with Gasteiger partial charge >= 0.3 is 0 Å². The zero-order chi connectivity index (χ0) is 20.6. The van der Waals surface area contributed by atoms with Gasteiger partial charge in [-0.15, -0.1) is 0 Å². The topological polar surface area (TPSA) is 36.0 Å². The van der Waals surface area contributed by atoms with E-state index in [1.165, 1.54) is 11.1 Å². The Balaban J connectivity index is 1.23. The molecule has 0 N–H and O–H groups in total. The summed E-state index contributed by atoms with van der Waals surface area (Å²) in [5.41, 5.74) is 3.27. The van der Waals surface area contributed by atoms with Gasteiger partial charge in [-0.3, -0.25) is 14.6 Å². The average molecular weight is 406 g/mol. The second-order valence-electron chi connectivity index (χ2n) is 7.99. The summed E-state index contributed by atoms with van der Waals surface area (Å²) in [6.45, 7) is 8.83. The van der Waals surface area contributed by atoms with Gasteiger partial charge in [0.1, 0.15) is 0 Å². The number of amides is 1. The lowest BCUT2D eigenvalue weighted by molar-refractivity contribution is 0.0342. The first-order chi connectivity index (χ1) is 14.8. The van der Waals surface area contributed by atoms with Crippen molar-refractivity contribution < 1.29 is 9.53 Å². The van der Waals surface area contributed by atoms with E-state index >= 15 is 0 Å². The minimum absolute atomic E-state index is 0.146. The van der Waals surface area contributed by atoms with Crippen LogP contribution in [0.3, 0.4) is 0 Å². The predicted octanol–water partition coefficient (Wildman–Crippen LogP) is 2.99. The molecule has 0 bridgehead atoms. The van der Waals surface area contributed by atoms with E-state index in [1.54, 1.807) is 0 Å².